The Hall–Kier alpha value is -1.15. The Balaban J connectivity index is 0.00000242. The highest BCUT2D eigenvalue weighted by Gasteiger charge is 2.27. The van der Waals surface area contributed by atoms with Crippen LogP contribution < -0.4 is 15.4 Å². The molecule has 0 aromatic heterocycles. The Bertz CT molecular complexity index is 586. The third-order valence-corrected chi connectivity index (χ3v) is 4.75. The van der Waals surface area contributed by atoms with Crippen LogP contribution in [0.15, 0.2) is 29.2 Å². The van der Waals surface area contributed by atoms with E-state index in [-0.39, 0.29) is 29.3 Å². The Morgan fingerprint density at radius 1 is 1.18 bits per heavy atom. The molecule has 3 N–H and O–H groups in total. The quantitative estimate of drug-likeness (QED) is 0.609. The molecule has 1 aromatic carbocycles. The number of sulfonamides is 1. The summed E-state index contributed by atoms with van der Waals surface area (Å²) in [5.41, 5.74) is 0.463. The molecule has 1 saturated carbocycles. The van der Waals surface area contributed by atoms with Crippen molar-refractivity contribution in [2.24, 2.45) is 0 Å². The van der Waals surface area contributed by atoms with E-state index in [4.69, 9.17) is 0 Å². The minimum Gasteiger partial charge on any atom is -0.352 e. The molecular formula is C14H22ClN3O3S. The maximum atomic E-state index is 12.0. The first-order valence-corrected chi connectivity index (χ1v) is 8.56. The van der Waals surface area contributed by atoms with Gasteiger partial charge in [-0.15, -0.1) is 12.4 Å². The third-order valence-electron chi connectivity index (χ3n) is 3.22. The fourth-order valence-electron chi connectivity index (χ4n) is 1.84. The molecule has 1 aromatic rings. The van der Waals surface area contributed by atoms with Gasteiger partial charge in [-0.2, -0.15) is 0 Å². The van der Waals surface area contributed by atoms with Crippen molar-refractivity contribution in [3.8, 4) is 0 Å². The zero-order valence-electron chi connectivity index (χ0n) is 12.5. The lowest BCUT2D eigenvalue weighted by Gasteiger charge is -2.07. The molecule has 1 amide bonds. The Morgan fingerprint density at radius 3 is 2.36 bits per heavy atom. The van der Waals surface area contributed by atoms with Crippen molar-refractivity contribution < 1.29 is 13.2 Å². The second-order valence-corrected chi connectivity index (χ2v) is 6.85. The van der Waals surface area contributed by atoms with E-state index in [9.17, 15) is 13.2 Å². The highest BCUT2D eigenvalue weighted by Crippen LogP contribution is 2.22. The zero-order chi connectivity index (χ0) is 15.3. The fraction of sp³-hybridized carbons (Fsp3) is 0.500. The van der Waals surface area contributed by atoms with Crippen molar-refractivity contribution in [1.29, 1.82) is 0 Å². The highest BCUT2D eigenvalue weighted by atomic mass is 35.5. The predicted octanol–water partition coefficient (Wildman–Crippen LogP) is 0.888. The predicted molar refractivity (Wildman–Crippen MR) is 87.9 cm³/mol. The molecule has 8 heteroatoms. The Labute approximate surface area is 137 Å². The van der Waals surface area contributed by atoms with E-state index in [1.165, 1.54) is 24.3 Å². The number of nitrogens with one attached hydrogen (secondary N) is 3. The summed E-state index contributed by atoms with van der Waals surface area (Å²) < 4.78 is 26.6. The van der Waals surface area contributed by atoms with Crippen molar-refractivity contribution in [3.63, 3.8) is 0 Å². The van der Waals surface area contributed by atoms with Crippen LogP contribution >= 0.6 is 12.4 Å². The van der Waals surface area contributed by atoms with Gasteiger partial charge in [0.2, 0.25) is 10.0 Å². The molecule has 2 rings (SSSR count). The molecule has 0 atom stereocenters. The number of rotatable bonds is 8. The van der Waals surface area contributed by atoms with E-state index in [2.05, 4.69) is 15.4 Å². The minimum absolute atomic E-state index is 0. The Morgan fingerprint density at radius 2 is 1.82 bits per heavy atom. The SMILES string of the molecule is CNCCCNC(=O)c1ccc(S(=O)(=O)NC2CC2)cc1.Cl. The van der Waals surface area contributed by atoms with Gasteiger partial charge in [-0.25, -0.2) is 13.1 Å². The van der Waals surface area contributed by atoms with Crippen molar-refractivity contribution in [2.45, 2.75) is 30.2 Å². The highest BCUT2D eigenvalue weighted by molar-refractivity contribution is 7.89. The smallest absolute Gasteiger partial charge is 0.251 e. The number of carbonyl (C=O) groups is 1. The fourth-order valence-corrected chi connectivity index (χ4v) is 3.15. The van der Waals surface area contributed by atoms with E-state index in [0.717, 1.165) is 25.8 Å². The van der Waals surface area contributed by atoms with Gasteiger partial charge in [-0.1, -0.05) is 0 Å². The summed E-state index contributed by atoms with van der Waals surface area (Å²) >= 11 is 0. The monoisotopic (exact) mass is 347 g/mol. The zero-order valence-corrected chi connectivity index (χ0v) is 14.1. The van der Waals surface area contributed by atoms with Crippen LogP contribution in [0, 0.1) is 0 Å². The van der Waals surface area contributed by atoms with Gasteiger partial charge in [0.15, 0.2) is 0 Å². The van der Waals surface area contributed by atoms with E-state index in [1.54, 1.807) is 0 Å². The van der Waals surface area contributed by atoms with Crippen LogP contribution in [0.4, 0.5) is 0 Å². The molecule has 0 bridgehead atoms. The number of hydrogen-bond donors (Lipinski definition) is 3. The van der Waals surface area contributed by atoms with Crippen molar-refractivity contribution in [3.05, 3.63) is 29.8 Å². The maximum Gasteiger partial charge on any atom is 0.251 e. The number of carbonyl (C=O) groups excluding carboxylic acids is 1. The summed E-state index contributed by atoms with van der Waals surface area (Å²) in [6, 6.07) is 6.08. The molecule has 6 nitrogen and oxygen atoms in total. The molecule has 0 heterocycles. The van der Waals surface area contributed by atoms with Gasteiger partial charge in [-0.05, 0) is 57.1 Å². The van der Waals surface area contributed by atoms with Crippen LogP contribution in [0.5, 0.6) is 0 Å². The summed E-state index contributed by atoms with van der Waals surface area (Å²) in [5.74, 6) is -0.190. The summed E-state index contributed by atoms with van der Waals surface area (Å²) in [6.07, 6.45) is 2.64. The van der Waals surface area contributed by atoms with Gasteiger partial charge in [0.05, 0.1) is 4.90 Å². The topological polar surface area (TPSA) is 87.3 Å². The van der Waals surface area contributed by atoms with Gasteiger partial charge in [0.25, 0.3) is 5.91 Å². The van der Waals surface area contributed by atoms with E-state index >= 15 is 0 Å². The molecule has 0 radical (unpaired) electrons. The molecule has 1 aliphatic carbocycles. The Kier molecular flexibility index (Phi) is 7.28. The van der Waals surface area contributed by atoms with E-state index in [1.807, 2.05) is 7.05 Å². The summed E-state index contributed by atoms with van der Waals surface area (Å²) in [5, 5.41) is 5.79. The molecule has 124 valence electrons. The number of benzene rings is 1. The largest absolute Gasteiger partial charge is 0.352 e. The van der Waals surface area contributed by atoms with Crippen molar-refractivity contribution in [2.75, 3.05) is 20.1 Å². The van der Waals surface area contributed by atoms with Gasteiger partial charge in [-0.3, -0.25) is 4.79 Å². The van der Waals surface area contributed by atoms with Crippen LogP contribution in [0.1, 0.15) is 29.6 Å². The lowest BCUT2D eigenvalue weighted by Crippen LogP contribution is -2.27. The van der Waals surface area contributed by atoms with Gasteiger partial charge in [0, 0.05) is 18.2 Å². The van der Waals surface area contributed by atoms with Crippen LogP contribution in [-0.2, 0) is 10.0 Å². The average Bonchev–Trinajstić information content (AvgIpc) is 3.27. The molecule has 1 fully saturated rings. The first-order valence-electron chi connectivity index (χ1n) is 7.08. The van der Waals surface area contributed by atoms with Crippen molar-refractivity contribution >= 4 is 28.3 Å². The first kappa shape index (κ1) is 18.9. The lowest BCUT2D eigenvalue weighted by atomic mass is 10.2. The molecule has 1 aliphatic rings. The first-order chi connectivity index (χ1) is 10.0. The number of halogens is 1. The van der Waals surface area contributed by atoms with Crippen LogP contribution in [0.3, 0.4) is 0 Å². The maximum absolute atomic E-state index is 12.0. The molecule has 22 heavy (non-hydrogen) atoms. The van der Waals surface area contributed by atoms with Crippen molar-refractivity contribution in [1.82, 2.24) is 15.4 Å². The van der Waals surface area contributed by atoms with Gasteiger partial charge in [0.1, 0.15) is 0 Å². The lowest BCUT2D eigenvalue weighted by molar-refractivity contribution is 0.0953. The summed E-state index contributed by atoms with van der Waals surface area (Å²) in [4.78, 5) is 12.1. The normalized spacial score (nSPS) is 14.2. The number of amides is 1. The minimum atomic E-state index is -3.45. The summed E-state index contributed by atoms with van der Waals surface area (Å²) in [7, 11) is -1.60. The second kappa shape index (κ2) is 8.47. The average molecular weight is 348 g/mol. The molecular weight excluding hydrogens is 326 g/mol. The van der Waals surface area contributed by atoms with Gasteiger partial charge < -0.3 is 10.6 Å². The third kappa shape index (κ3) is 5.57. The van der Waals surface area contributed by atoms with Gasteiger partial charge >= 0.3 is 0 Å². The van der Waals surface area contributed by atoms with E-state index in [0.29, 0.717) is 12.1 Å². The number of hydrogen-bond acceptors (Lipinski definition) is 4. The van der Waals surface area contributed by atoms with E-state index < -0.39 is 10.0 Å². The standard InChI is InChI=1S/C14H21N3O3S.ClH/c1-15-9-2-10-16-14(18)11-3-7-13(8-4-11)21(19,20)17-12-5-6-12;/h3-4,7-8,12,15,17H,2,5-6,9-10H2,1H3,(H,16,18);1H. The van der Waals surface area contributed by atoms with Crippen LogP contribution in [-0.4, -0.2) is 40.5 Å². The van der Waals surface area contributed by atoms with Crippen LogP contribution in [0.2, 0.25) is 0 Å². The molecule has 0 aliphatic heterocycles. The van der Waals surface area contributed by atoms with Crippen LogP contribution in [0.25, 0.3) is 0 Å². The molecule has 0 saturated heterocycles. The summed E-state index contributed by atoms with van der Waals surface area (Å²) in [6.45, 7) is 1.42. The molecule has 0 spiro atoms. The molecule has 0 unspecified atom stereocenters. The second-order valence-electron chi connectivity index (χ2n) is 5.13.